The highest BCUT2D eigenvalue weighted by Gasteiger charge is 2.24. The first-order valence-electron chi connectivity index (χ1n) is 9.09. The number of rotatable bonds is 7. The van der Waals surface area contributed by atoms with Gasteiger partial charge in [0.05, 0.1) is 17.1 Å². The molecule has 0 aliphatic rings. The summed E-state index contributed by atoms with van der Waals surface area (Å²) < 4.78 is 26.3. The van der Waals surface area contributed by atoms with Gasteiger partial charge >= 0.3 is 0 Å². The second kappa shape index (κ2) is 9.62. The van der Waals surface area contributed by atoms with Gasteiger partial charge in [-0.1, -0.05) is 53.5 Å². The molecule has 0 spiro atoms. The molecule has 0 radical (unpaired) electrons. The number of sulfonamides is 1. The molecular weight excluding hydrogens is 459 g/mol. The average molecular weight is 477 g/mol. The Morgan fingerprint density at radius 2 is 1.52 bits per heavy atom. The molecule has 0 aliphatic carbocycles. The lowest BCUT2D eigenvalue weighted by molar-refractivity contribution is -0.116. The third-order valence-electron chi connectivity index (χ3n) is 4.42. The Morgan fingerprint density at radius 3 is 2.16 bits per heavy atom. The summed E-state index contributed by atoms with van der Waals surface area (Å²) in [4.78, 5) is 25.4. The van der Waals surface area contributed by atoms with E-state index in [9.17, 15) is 18.0 Å². The number of amides is 1. The molecule has 0 aliphatic heterocycles. The third-order valence-corrected chi connectivity index (χ3v) is 6.73. The molecular formula is C22H18Cl2N2O4S. The van der Waals surface area contributed by atoms with Gasteiger partial charge in [-0.25, -0.2) is 8.42 Å². The van der Waals surface area contributed by atoms with Gasteiger partial charge in [0.2, 0.25) is 15.9 Å². The van der Waals surface area contributed by atoms with E-state index >= 15 is 0 Å². The van der Waals surface area contributed by atoms with Crippen molar-refractivity contribution in [1.29, 1.82) is 0 Å². The third kappa shape index (κ3) is 5.51. The molecule has 6 nitrogen and oxygen atoms in total. The normalized spacial score (nSPS) is 11.4. The number of benzene rings is 3. The summed E-state index contributed by atoms with van der Waals surface area (Å²) in [5, 5.41) is 3.34. The fraction of sp³-hybridized carbons (Fsp3) is 0.0909. The monoisotopic (exact) mass is 476 g/mol. The number of carbonyl (C=O) groups excluding carboxylic acids is 2. The number of hydrogen-bond acceptors (Lipinski definition) is 4. The average Bonchev–Trinajstić information content (AvgIpc) is 2.75. The molecule has 0 atom stereocenters. The largest absolute Gasteiger partial charge is 0.324 e. The Kier molecular flexibility index (Phi) is 7.12. The molecule has 160 valence electrons. The Balaban J connectivity index is 1.79. The number of carbonyl (C=O) groups is 2. The Labute approximate surface area is 190 Å². The smallest absolute Gasteiger partial charge is 0.243 e. The van der Waals surface area contributed by atoms with E-state index in [1.807, 2.05) is 0 Å². The molecule has 3 aromatic carbocycles. The highest BCUT2D eigenvalue weighted by molar-refractivity contribution is 7.89. The SMILES string of the molecule is CN(CC(=O)Nc1ccc(Cl)cc1C(=O)c1ccccc1)S(=O)(=O)c1ccc(Cl)cc1. The number of halogens is 2. The van der Waals surface area contributed by atoms with Crippen molar-refractivity contribution in [2.45, 2.75) is 4.90 Å². The lowest BCUT2D eigenvalue weighted by Crippen LogP contribution is -2.35. The van der Waals surface area contributed by atoms with Crippen LogP contribution >= 0.6 is 23.2 Å². The van der Waals surface area contributed by atoms with Crippen LogP contribution in [-0.2, 0) is 14.8 Å². The van der Waals surface area contributed by atoms with Gasteiger partial charge < -0.3 is 5.32 Å². The summed E-state index contributed by atoms with van der Waals surface area (Å²) in [6.45, 7) is -0.452. The highest BCUT2D eigenvalue weighted by Crippen LogP contribution is 2.24. The van der Waals surface area contributed by atoms with Crippen LogP contribution in [-0.4, -0.2) is 38.0 Å². The van der Waals surface area contributed by atoms with Crippen molar-refractivity contribution in [3.63, 3.8) is 0 Å². The summed E-state index contributed by atoms with van der Waals surface area (Å²) >= 11 is 11.8. The summed E-state index contributed by atoms with van der Waals surface area (Å²) in [6.07, 6.45) is 0. The Bertz CT molecular complexity index is 1210. The second-order valence-electron chi connectivity index (χ2n) is 6.65. The first-order valence-corrected chi connectivity index (χ1v) is 11.3. The molecule has 3 aromatic rings. The minimum absolute atomic E-state index is 0.0126. The number of hydrogen-bond donors (Lipinski definition) is 1. The van der Waals surface area contributed by atoms with Gasteiger partial charge in [0.15, 0.2) is 5.78 Å². The topological polar surface area (TPSA) is 83.6 Å². The molecule has 0 aromatic heterocycles. The molecule has 3 rings (SSSR count). The van der Waals surface area contributed by atoms with Crippen LogP contribution in [0.15, 0.2) is 77.7 Å². The van der Waals surface area contributed by atoms with Gasteiger partial charge in [-0.15, -0.1) is 0 Å². The van der Waals surface area contributed by atoms with Gasteiger partial charge in [-0.2, -0.15) is 4.31 Å². The summed E-state index contributed by atoms with van der Waals surface area (Å²) in [6, 6.07) is 18.7. The van der Waals surface area contributed by atoms with Crippen LogP contribution in [0.5, 0.6) is 0 Å². The lowest BCUT2D eigenvalue weighted by atomic mass is 10.0. The molecule has 0 saturated carbocycles. The molecule has 0 saturated heterocycles. The first-order chi connectivity index (χ1) is 14.7. The van der Waals surface area contributed by atoms with Gasteiger partial charge in [-0.05, 0) is 42.5 Å². The van der Waals surface area contributed by atoms with E-state index in [0.29, 0.717) is 15.6 Å². The summed E-state index contributed by atoms with van der Waals surface area (Å²) in [5.41, 5.74) is 0.874. The zero-order valence-corrected chi connectivity index (χ0v) is 18.7. The molecule has 0 bridgehead atoms. The van der Waals surface area contributed by atoms with Crippen LogP contribution in [0.4, 0.5) is 5.69 Å². The highest BCUT2D eigenvalue weighted by atomic mass is 35.5. The number of nitrogens with one attached hydrogen (secondary N) is 1. The van der Waals surface area contributed by atoms with Crippen molar-refractivity contribution in [2.75, 3.05) is 18.9 Å². The van der Waals surface area contributed by atoms with Crippen LogP contribution in [0.2, 0.25) is 10.0 Å². The molecule has 31 heavy (non-hydrogen) atoms. The molecule has 0 heterocycles. The Hall–Kier alpha value is -2.71. The van der Waals surface area contributed by atoms with E-state index in [-0.39, 0.29) is 21.9 Å². The second-order valence-corrected chi connectivity index (χ2v) is 9.57. The van der Waals surface area contributed by atoms with Crippen molar-refractivity contribution in [2.24, 2.45) is 0 Å². The van der Waals surface area contributed by atoms with E-state index in [0.717, 1.165) is 4.31 Å². The minimum Gasteiger partial charge on any atom is -0.324 e. The van der Waals surface area contributed by atoms with Crippen molar-refractivity contribution in [1.82, 2.24) is 4.31 Å². The predicted molar refractivity (Wildman–Crippen MR) is 121 cm³/mol. The van der Waals surface area contributed by atoms with Crippen LogP contribution in [0.3, 0.4) is 0 Å². The lowest BCUT2D eigenvalue weighted by Gasteiger charge is -2.18. The standard InChI is InChI=1S/C22H18Cl2N2O4S/c1-26(31(29,30)18-10-7-16(23)8-11-18)14-21(27)25-20-12-9-17(24)13-19(20)22(28)15-5-3-2-4-6-15/h2-13H,14H2,1H3,(H,25,27). The van der Waals surface area contributed by atoms with E-state index < -0.39 is 22.5 Å². The van der Waals surface area contributed by atoms with Crippen LogP contribution in [0.1, 0.15) is 15.9 Å². The zero-order valence-electron chi connectivity index (χ0n) is 16.4. The van der Waals surface area contributed by atoms with E-state index in [1.165, 1.54) is 49.5 Å². The fourth-order valence-corrected chi connectivity index (χ4v) is 4.25. The van der Waals surface area contributed by atoms with Gasteiger partial charge in [-0.3, -0.25) is 9.59 Å². The quantitative estimate of drug-likeness (QED) is 0.509. The maximum absolute atomic E-state index is 12.9. The number of anilines is 1. The maximum atomic E-state index is 12.9. The van der Waals surface area contributed by atoms with E-state index in [2.05, 4.69) is 5.32 Å². The summed E-state index contributed by atoms with van der Waals surface area (Å²) in [7, 11) is -2.60. The minimum atomic E-state index is -3.89. The number of likely N-dealkylation sites (N-methyl/N-ethyl adjacent to an activating group) is 1. The van der Waals surface area contributed by atoms with Crippen molar-refractivity contribution in [3.8, 4) is 0 Å². The van der Waals surface area contributed by atoms with Crippen LogP contribution < -0.4 is 5.32 Å². The van der Waals surface area contributed by atoms with Crippen molar-refractivity contribution in [3.05, 3.63) is 94.0 Å². The molecule has 0 unspecified atom stereocenters. The zero-order chi connectivity index (χ0) is 22.6. The van der Waals surface area contributed by atoms with E-state index in [1.54, 1.807) is 30.3 Å². The van der Waals surface area contributed by atoms with Gasteiger partial charge in [0.1, 0.15) is 0 Å². The predicted octanol–water partition coefficient (Wildman–Crippen LogP) is 4.48. The molecule has 9 heteroatoms. The maximum Gasteiger partial charge on any atom is 0.243 e. The van der Waals surface area contributed by atoms with Gasteiger partial charge in [0.25, 0.3) is 0 Å². The van der Waals surface area contributed by atoms with Crippen LogP contribution in [0, 0.1) is 0 Å². The van der Waals surface area contributed by atoms with Gasteiger partial charge in [0, 0.05) is 28.2 Å². The summed E-state index contributed by atoms with van der Waals surface area (Å²) in [5.74, 6) is -0.926. The van der Waals surface area contributed by atoms with Crippen molar-refractivity contribution >= 4 is 50.6 Å². The number of ketones is 1. The van der Waals surface area contributed by atoms with Crippen LogP contribution in [0.25, 0.3) is 0 Å². The van der Waals surface area contributed by atoms with Crippen molar-refractivity contribution < 1.29 is 18.0 Å². The molecule has 0 fully saturated rings. The number of nitrogens with zero attached hydrogens (tertiary/aromatic N) is 1. The molecule has 1 amide bonds. The van der Waals surface area contributed by atoms with E-state index in [4.69, 9.17) is 23.2 Å². The molecule has 1 N–H and O–H groups in total. The first kappa shape index (κ1) is 23.0. The Morgan fingerprint density at radius 1 is 0.903 bits per heavy atom. The fourth-order valence-electron chi connectivity index (χ4n) is 2.82.